The Balaban J connectivity index is 2.23. The second-order valence-electron chi connectivity index (χ2n) is 4.57. The molecule has 6 nitrogen and oxygen atoms in total. The Morgan fingerprint density at radius 1 is 1.35 bits per heavy atom. The molecule has 8 heteroatoms. The van der Waals surface area contributed by atoms with Crippen molar-refractivity contribution in [1.29, 1.82) is 0 Å². The van der Waals surface area contributed by atoms with Gasteiger partial charge in [0.05, 0.1) is 16.5 Å². The van der Waals surface area contributed by atoms with Crippen molar-refractivity contribution in [1.82, 2.24) is 9.88 Å². The summed E-state index contributed by atoms with van der Waals surface area (Å²) in [6.07, 6.45) is 0.442. The highest BCUT2D eigenvalue weighted by molar-refractivity contribution is 7.91. The van der Waals surface area contributed by atoms with Crippen molar-refractivity contribution in [2.24, 2.45) is 0 Å². The van der Waals surface area contributed by atoms with Gasteiger partial charge in [-0.15, -0.1) is 0 Å². The molecule has 1 aliphatic rings. The predicted molar refractivity (Wildman–Crippen MR) is 78.0 cm³/mol. The number of anilines is 1. The summed E-state index contributed by atoms with van der Waals surface area (Å²) in [4.78, 5) is 18.1. The Bertz CT molecular complexity index is 618. The summed E-state index contributed by atoms with van der Waals surface area (Å²) < 4.78 is 23.1. The number of sulfone groups is 1. The zero-order chi connectivity index (χ0) is 14.8. The third-order valence-corrected chi connectivity index (χ3v) is 5.17. The third kappa shape index (κ3) is 3.40. The highest BCUT2D eigenvalue weighted by atomic mass is 35.5. The SMILES string of the molecule is CNc1ccc(Cl)c(C(=O)N2CCCS(=O)(=O)CC2)n1. The summed E-state index contributed by atoms with van der Waals surface area (Å²) >= 11 is 6.01. The fraction of sp³-hybridized carbons (Fsp3) is 0.500. The molecule has 0 bridgehead atoms. The van der Waals surface area contributed by atoms with Gasteiger partial charge in [0.2, 0.25) is 0 Å². The first kappa shape index (κ1) is 15.1. The van der Waals surface area contributed by atoms with Crippen molar-refractivity contribution in [2.75, 3.05) is 37.0 Å². The van der Waals surface area contributed by atoms with E-state index in [-0.39, 0.29) is 34.7 Å². The number of halogens is 1. The number of aromatic nitrogens is 1. The third-order valence-electron chi connectivity index (χ3n) is 3.15. The zero-order valence-electron chi connectivity index (χ0n) is 11.1. The molecule has 0 atom stereocenters. The number of carbonyl (C=O) groups excluding carboxylic acids is 1. The lowest BCUT2D eigenvalue weighted by Gasteiger charge is -2.20. The molecule has 0 spiro atoms. The first-order chi connectivity index (χ1) is 9.43. The molecule has 1 aromatic heterocycles. The van der Waals surface area contributed by atoms with Crippen LogP contribution in [0.3, 0.4) is 0 Å². The maximum atomic E-state index is 12.4. The lowest BCUT2D eigenvalue weighted by molar-refractivity contribution is 0.0763. The van der Waals surface area contributed by atoms with E-state index >= 15 is 0 Å². The number of hydrogen-bond acceptors (Lipinski definition) is 5. The number of nitrogens with one attached hydrogen (secondary N) is 1. The Labute approximate surface area is 123 Å². The van der Waals surface area contributed by atoms with E-state index in [1.807, 2.05) is 0 Å². The van der Waals surface area contributed by atoms with Crippen LogP contribution in [0.2, 0.25) is 5.02 Å². The largest absolute Gasteiger partial charge is 0.373 e. The van der Waals surface area contributed by atoms with Crippen molar-refractivity contribution in [2.45, 2.75) is 6.42 Å². The van der Waals surface area contributed by atoms with Crippen LogP contribution in [-0.4, -0.2) is 55.9 Å². The van der Waals surface area contributed by atoms with Gasteiger partial charge in [0.1, 0.15) is 11.5 Å². The van der Waals surface area contributed by atoms with Crippen molar-refractivity contribution in [3.8, 4) is 0 Å². The van der Waals surface area contributed by atoms with Crippen LogP contribution in [0.5, 0.6) is 0 Å². The van der Waals surface area contributed by atoms with Gasteiger partial charge in [-0.05, 0) is 18.6 Å². The van der Waals surface area contributed by atoms with Gasteiger partial charge in [-0.25, -0.2) is 13.4 Å². The van der Waals surface area contributed by atoms with E-state index < -0.39 is 9.84 Å². The Morgan fingerprint density at radius 3 is 2.80 bits per heavy atom. The van der Waals surface area contributed by atoms with Gasteiger partial charge in [0.25, 0.3) is 5.91 Å². The fourth-order valence-corrected chi connectivity index (χ4v) is 3.48. The van der Waals surface area contributed by atoms with Crippen LogP contribution in [0.25, 0.3) is 0 Å². The van der Waals surface area contributed by atoms with E-state index in [0.29, 0.717) is 18.8 Å². The first-order valence-corrected chi connectivity index (χ1v) is 8.47. The maximum absolute atomic E-state index is 12.4. The Hall–Kier alpha value is -1.34. The van der Waals surface area contributed by atoms with Gasteiger partial charge < -0.3 is 10.2 Å². The van der Waals surface area contributed by atoms with Crippen LogP contribution in [0, 0.1) is 0 Å². The summed E-state index contributed by atoms with van der Waals surface area (Å²) in [7, 11) is -1.35. The highest BCUT2D eigenvalue weighted by Gasteiger charge is 2.25. The van der Waals surface area contributed by atoms with E-state index in [1.54, 1.807) is 19.2 Å². The predicted octanol–water partition coefficient (Wildman–Crippen LogP) is 1.04. The van der Waals surface area contributed by atoms with Gasteiger partial charge >= 0.3 is 0 Å². The van der Waals surface area contributed by atoms with Crippen LogP contribution in [-0.2, 0) is 9.84 Å². The standard InChI is InChI=1S/C12H16ClN3O3S/c1-14-10-4-3-9(13)11(15-10)12(17)16-5-2-7-20(18,19)8-6-16/h3-4H,2,5-8H2,1H3,(H,14,15). The molecule has 1 fully saturated rings. The van der Waals surface area contributed by atoms with Crippen LogP contribution in [0.15, 0.2) is 12.1 Å². The molecule has 1 amide bonds. The van der Waals surface area contributed by atoms with Crippen LogP contribution in [0.4, 0.5) is 5.82 Å². The van der Waals surface area contributed by atoms with Gasteiger partial charge in [-0.3, -0.25) is 4.79 Å². The minimum Gasteiger partial charge on any atom is -0.373 e. The van der Waals surface area contributed by atoms with Gasteiger partial charge in [-0.1, -0.05) is 11.6 Å². The van der Waals surface area contributed by atoms with Crippen molar-refractivity contribution < 1.29 is 13.2 Å². The summed E-state index contributed by atoms with van der Waals surface area (Å²) in [6.45, 7) is 0.586. The minimum atomic E-state index is -3.05. The Morgan fingerprint density at radius 2 is 2.10 bits per heavy atom. The second kappa shape index (κ2) is 5.97. The zero-order valence-corrected chi connectivity index (χ0v) is 12.7. The van der Waals surface area contributed by atoms with E-state index in [9.17, 15) is 13.2 Å². The van der Waals surface area contributed by atoms with Gasteiger partial charge in [-0.2, -0.15) is 0 Å². The molecule has 20 heavy (non-hydrogen) atoms. The number of amides is 1. The smallest absolute Gasteiger partial charge is 0.274 e. The second-order valence-corrected chi connectivity index (χ2v) is 7.29. The molecule has 0 radical (unpaired) electrons. The van der Waals surface area contributed by atoms with E-state index in [0.717, 1.165) is 0 Å². The molecule has 110 valence electrons. The Kier molecular flexibility index (Phi) is 4.49. The van der Waals surface area contributed by atoms with E-state index in [4.69, 9.17) is 11.6 Å². The summed E-state index contributed by atoms with van der Waals surface area (Å²) in [5, 5.41) is 3.11. The molecule has 1 aromatic rings. The summed E-state index contributed by atoms with van der Waals surface area (Å²) in [5.74, 6) is 0.320. The van der Waals surface area contributed by atoms with Crippen LogP contribution in [0.1, 0.15) is 16.9 Å². The lowest BCUT2D eigenvalue weighted by Crippen LogP contribution is -2.34. The van der Waals surface area contributed by atoms with Crippen LogP contribution < -0.4 is 5.32 Å². The normalized spacial score (nSPS) is 18.4. The quantitative estimate of drug-likeness (QED) is 0.881. The topological polar surface area (TPSA) is 79.4 Å². The maximum Gasteiger partial charge on any atom is 0.274 e. The molecule has 1 aliphatic heterocycles. The fourth-order valence-electron chi connectivity index (χ4n) is 2.02. The molecule has 0 aliphatic carbocycles. The van der Waals surface area contributed by atoms with Crippen molar-refractivity contribution in [3.63, 3.8) is 0 Å². The first-order valence-electron chi connectivity index (χ1n) is 6.27. The summed E-state index contributed by atoms with van der Waals surface area (Å²) in [5.41, 5.74) is 0.151. The lowest BCUT2D eigenvalue weighted by atomic mass is 10.3. The van der Waals surface area contributed by atoms with E-state index in [1.165, 1.54) is 4.90 Å². The molecular formula is C12H16ClN3O3S. The molecule has 0 saturated carbocycles. The summed E-state index contributed by atoms with van der Waals surface area (Å²) in [6, 6.07) is 3.27. The molecule has 1 N–H and O–H groups in total. The van der Waals surface area contributed by atoms with Gasteiger partial charge in [0.15, 0.2) is 9.84 Å². The number of hydrogen-bond donors (Lipinski definition) is 1. The molecular weight excluding hydrogens is 302 g/mol. The average molecular weight is 318 g/mol. The van der Waals surface area contributed by atoms with Crippen LogP contribution >= 0.6 is 11.6 Å². The highest BCUT2D eigenvalue weighted by Crippen LogP contribution is 2.19. The number of carbonyl (C=O) groups is 1. The van der Waals surface area contributed by atoms with Gasteiger partial charge in [0, 0.05) is 20.1 Å². The van der Waals surface area contributed by atoms with Crippen molar-refractivity contribution in [3.05, 3.63) is 22.8 Å². The average Bonchev–Trinajstić information content (AvgIpc) is 2.59. The molecule has 1 saturated heterocycles. The van der Waals surface area contributed by atoms with E-state index in [2.05, 4.69) is 10.3 Å². The molecule has 2 rings (SSSR count). The van der Waals surface area contributed by atoms with Crippen molar-refractivity contribution >= 4 is 33.2 Å². The number of nitrogens with zero attached hydrogens (tertiary/aromatic N) is 2. The molecule has 0 aromatic carbocycles. The molecule has 0 unspecified atom stereocenters. The molecule has 2 heterocycles. The number of rotatable bonds is 2. The minimum absolute atomic E-state index is 0.0118. The monoisotopic (exact) mass is 317 g/mol. The number of pyridine rings is 1.